The summed E-state index contributed by atoms with van der Waals surface area (Å²) in [4.78, 5) is 23.9. The van der Waals surface area contributed by atoms with Crippen LogP contribution < -0.4 is 0 Å². The largest absolute Gasteiger partial charge is 0.347 e. The van der Waals surface area contributed by atoms with E-state index in [2.05, 4.69) is 0 Å². The van der Waals surface area contributed by atoms with Crippen LogP contribution in [0.1, 0.15) is 10.4 Å². The highest BCUT2D eigenvalue weighted by Crippen LogP contribution is 2.17. The van der Waals surface area contributed by atoms with Crippen LogP contribution in [-0.2, 0) is 11.3 Å². The second-order valence-electron chi connectivity index (χ2n) is 4.17. The van der Waals surface area contributed by atoms with Crippen LogP contribution in [0.3, 0.4) is 0 Å². The van der Waals surface area contributed by atoms with Crippen LogP contribution in [-0.4, -0.2) is 35.8 Å². The fourth-order valence-corrected chi connectivity index (χ4v) is 1.70. The molecular weight excluding hydrogens is 216 g/mol. The predicted octanol–water partition coefficient (Wildman–Crippen LogP) is 1.54. The van der Waals surface area contributed by atoms with Crippen molar-refractivity contribution in [3.05, 3.63) is 36.0 Å². The lowest BCUT2D eigenvalue weighted by molar-refractivity contribution is -0.129. The number of amides is 1. The number of hydrogen-bond donors (Lipinski definition) is 0. The molecule has 1 heterocycles. The molecule has 0 radical (unpaired) electrons. The van der Waals surface area contributed by atoms with Gasteiger partial charge in [-0.25, -0.2) is 0 Å². The van der Waals surface area contributed by atoms with Crippen molar-refractivity contribution >= 4 is 23.1 Å². The van der Waals surface area contributed by atoms with Crippen molar-refractivity contribution in [2.45, 2.75) is 6.54 Å². The number of carbonyl (C=O) groups excluding carboxylic acids is 2. The van der Waals surface area contributed by atoms with Crippen molar-refractivity contribution in [3.8, 4) is 0 Å². The van der Waals surface area contributed by atoms with Crippen molar-refractivity contribution in [2.75, 3.05) is 14.1 Å². The van der Waals surface area contributed by atoms with Crippen molar-refractivity contribution in [2.24, 2.45) is 0 Å². The topological polar surface area (TPSA) is 42.3 Å². The summed E-state index contributed by atoms with van der Waals surface area (Å²) in [7, 11) is 3.45. The highest BCUT2D eigenvalue weighted by atomic mass is 16.2. The van der Waals surface area contributed by atoms with Crippen LogP contribution in [0.5, 0.6) is 0 Å². The third-order valence-electron chi connectivity index (χ3n) is 2.74. The molecule has 0 bridgehead atoms. The Morgan fingerprint density at radius 1 is 1.35 bits per heavy atom. The minimum absolute atomic E-state index is 0.0269. The monoisotopic (exact) mass is 230 g/mol. The smallest absolute Gasteiger partial charge is 0.241 e. The molecule has 0 spiro atoms. The highest BCUT2D eigenvalue weighted by Gasteiger charge is 2.08. The third kappa shape index (κ3) is 2.20. The van der Waals surface area contributed by atoms with Crippen molar-refractivity contribution in [1.82, 2.24) is 9.47 Å². The van der Waals surface area contributed by atoms with E-state index in [0.29, 0.717) is 12.1 Å². The number of hydrogen-bond acceptors (Lipinski definition) is 2. The zero-order chi connectivity index (χ0) is 12.4. The average Bonchev–Trinajstić information content (AvgIpc) is 2.71. The molecule has 0 aliphatic rings. The van der Waals surface area contributed by atoms with E-state index in [1.807, 2.05) is 22.9 Å². The minimum atomic E-state index is 0.0269. The zero-order valence-corrected chi connectivity index (χ0v) is 9.88. The molecule has 17 heavy (non-hydrogen) atoms. The number of likely N-dealkylation sites (N-methyl/N-ethyl adjacent to an activating group) is 1. The molecule has 0 aliphatic carbocycles. The Morgan fingerprint density at radius 3 is 2.76 bits per heavy atom. The van der Waals surface area contributed by atoms with Crippen LogP contribution in [0.2, 0.25) is 0 Å². The van der Waals surface area contributed by atoms with E-state index >= 15 is 0 Å². The Balaban J connectivity index is 2.40. The summed E-state index contributed by atoms with van der Waals surface area (Å²) in [5.41, 5.74) is 1.53. The second kappa shape index (κ2) is 4.41. The van der Waals surface area contributed by atoms with Gasteiger partial charge in [-0.3, -0.25) is 9.59 Å². The molecule has 1 aromatic carbocycles. The first kappa shape index (κ1) is 11.4. The van der Waals surface area contributed by atoms with Gasteiger partial charge >= 0.3 is 0 Å². The summed E-state index contributed by atoms with van der Waals surface area (Å²) in [5.74, 6) is 0.0269. The molecule has 4 nitrogen and oxygen atoms in total. The lowest BCUT2D eigenvalue weighted by Gasteiger charge is -2.11. The van der Waals surface area contributed by atoms with E-state index in [4.69, 9.17) is 0 Å². The van der Waals surface area contributed by atoms with Crippen molar-refractivity contribution in [1.29, 1.82) is 0 Å². The maximum atomic E-state index is 11.6. The fourth-order valence-electron chi connectivity index (χ4n) is 1.70. The number of rotatable bonds is 3. The van der Waals surface area contributed by atoms with Gasteiger partial charge in [-0.05, 0) is 17.5 Å². The average molecular weight is 230 g/mol. The summed E-state index contributed by atoms with van der Waals surface area (Å²) in [6.45, 7) is 0.290. The third-order valence-corrected chi connectivity index (χ3v) is 2.74. The molecule has 0 saturated carbocycles. The molecule has 0 fully saturated rings. The van der Waals surface area contributed by atoms with E-state index in [-0.39, 0.29) is 5.91 Å². The van der Waals surface area contributed by atoms with Gasteiger partial charge in [0.05, 0.1) is 0 Å². The van der Waals surface area contributed by atoms with E-state index in [0.717, 1.165) is 17.2 Å². The number of benzene rings is 1. The molecule has 0 atom stereocenters. The van der Waals surface area contributed by atoms with Gasteiger partial charge in [-0.1, -0.05) is 12.1 Å². The molecule has 1 amide bonds. The number of aromatic nitrogens is 1. The molecule has 0 aliphatic heterocycles. The number of nitrogens with zero attached hydrogens (tertiary/aromatic N) is 2. The van der Waals surface area contributed by atoms with Gasteiger partial charge in [-0.15, -0.1) is 0 Å². The standard InChI is InChI=1S/C13H14N2O2/c1-14(2)13(17)8-15-6-5-11-4-3-10(9-16)7-12(11)15/h3-7,9H,8H2,1-2H3. The maximum Gasteiger partial charge on any atom is 0.241 e. The van der Waals surface area contributed by atoms with E-state index in [9.17, 15) is 9.59 Å². The maximum absolute atomic E-state index is 11.6. The summed E-state index contributed by atoms with van der Waals surface area (Å²) in [6, 6.07) is 7.39. The SMILES string of the molecule is CN(C)C(=O)Cn1ccc2ccc(C=O)cc21. The first-order chi connectivity index (χ1) is 8.11. The normalized spacial score (nSPS) is 10.5. The molecule has 88 valence electrons. The predicted molar refractivity (Wildman–Crippen MR) is 66.0 cm³/mol. The quantitative estimate of drug-likeness (QED) is 0.751. The van der Waals surface area contributed by atoms with Crippen molar-refractivity contribution in [3.63, 3.8) is 0 Å². The first-order valence-electron chi connectivity index (χ1n) is 5.36. The number of fused-ring (bicyclic) bond motifs is 1. The van der Waals surface area contributed by atoms with Crippen LogP contribution in [0.25, 0.3) is 10.9 Å². The summed E-state index contributed by atoms with van der Waals surface area (Å²) < 4.78 is 1.85. The van der Waals surface area contributed by atoms with Gasteiger partial charge in [0, 0.05) is 31.4 Å². The molecule has 2 aromatic rings. The molecule has 1 aromatic heterocycles. The molecule has 0 unspecified atom stereocenters. The Kier molecular flexibility index (Phi) is 2.95. The summed E-state index contributed by atoms with van der Waals surface area (Å²) in [6.07, 6.45) is 2.67. The first-order valence-corrected chi connectivity index (χ1v) is 5.36. The van der Waals surface area contributed by atoms with E-state index in [1.54, 1.807) is 31.1 Å². The van der Waals surface area contributed by atoms with Gasteiger partial charge in [0.2, 0.25) is 5.91 Å². The Bertz CT molecular complexity index is 570. The molecule has 0 saturated heterocycles. The molecule has 4 heteroatoms. The Labute approximate surface area is 99.4 Å². The van der Waals surface area contributed by atoms with E-state index < -0.39 is 0 Å². The van der Waals surface area contributed by atoms with Crippen molar-refractivity contribution < 1.29 is 9.59 Å². The molecule has 2 rings (SSSR count). The second-order valence-corrected chi connectivity index (χ2v) is 4.17. The van der Waals surface area contributed by atoms with E-state index in [1.165, 1.54) is 0 Å². The zero-order valence-electron chi connectivity index (χ0n) is 9.88. The minimum Gasteiger partial charge on any atom is -0.347 e. The highest BCUT2D eigenvalue weighted by molar-refractivity contribution is 5.88. The van der Waals surface area contributed by atoms with Gasteiger partial charge in [0.1, 0.15) is 12.8 Å². The van der Waals surface area contributed by atoms with Gasteiger partial charge in [0.25, 0.3) is 0 Å². The molecular formula is C13H14N2O2. The lowest BCUT2D eigenvalue weighted by Crippen LogP contribution is -2.25. The van der Waals surface area contributed by atoms with Crippen LogP contribution >= 0.6 is 0 Å². The Morgan fingerprint density at radius 2 is 2.12 bits per heavy atom. The van der Waals surface area contributed by atoms with Crippen LogP contribution in [0.4, 0.5) is 0 Å². The number of carbonyl (C=O) groups is 2. The number of aldehydes is 1. The Hall–Kier alpha value is -2.10. The summed E-state index contributed by atoms with van der Waals surface area (Å²) >= 11 is 0. The van der Waals surface area contributed by atoms with Gasteiger partial charge in [0.15, 0.2) is 0 Å². The van der Waals surface area contributed by atoms with Crippen LogP contribution in [0, 0.1) is 0 Å². The van der Waals surface area contributed by atoms with Gasteiger partial charge in [-0.2, -0.15) is 0 Å². The fraction of sp³-hybridized carbons (Fsp3) is 0.231. The van der Waals surface area contributed by atoms with Gasteiger partial charge < -0.3 is 9.47 Å². The summed E-state index contributed by atoms with van der Waals surface area (Å²) in [5, 5.41) is 1.03. The molecule has 0 N–H and O–H groups in total. The van der Waals surface area contributed by atoms with Crippen LogP contribution in [0.15, 0.2) is 30.5 Å². The lowest BCUT2D eigenvalue weighted by atomic mass is 10.2.